The summed E-state index contributed by atoms with van der Waals surface area (Å²) < 4.78 is 0. The molecule has 2 heterocycles. The van der Waals surface area contributed by atoms with E-state index in [1.165, 1.54) is 24.1 Å². The van der Waals surface area contributed by atoms with Gasteiger partial charge in [0.1, 0.15) is 0 Å². The molecule has 0 amide bonds. The lowest BCUT2D eigenvalue weighted by Gasteiger charge is -2.34. The fourth-order valence-corrected chi connectivity index (χ4v) is 3.28. The lowest BCUT2D eigenvalue weighted by atomic mass is 10.0. The zero-order valence-corrected chi connectivity index (χ0v) is 10.4. The standard InChI is InChI=1S/C11H17ClN2S/c12-10-4-6-15-11(10)8-14-5-2-1-3-9(14)7-13/h4,6,9H,1-3,5,7-8,13H2. The van der Waals surface area contributed by atoms with Crippen molar-refractivity contribution in [2.75, 3.05) is 13.1 Å². The van der Waals surface area contributed by atoms with Crippen molar-refractivity contribution in [2.45, 2.75) is 31.8 Å². The molecule has 0 spiro atoms. The van der Waals surface area contributed by atoms with E-state index >= 15 is 0 Å². The Balaban J connectivity index is 2.00. The van der Waals surface area contributed by atoms with E-state index in [1.807, 2.05) is 6.07 Å². The number of nitrogens with zero attached hydrogens (tertiary/aromatic N) is 1. The van der Waals surface area contributed by atoms with E-state index in [0.717, 1.165) is 24.7 Å². The lowest BCUT2D eigenvalue weighted by Crippen LogP contribution is -2.43. The average Bonchev–Trinajstić information content (AvgIpc) is 2.65. The summed E-state index contributed by atoms with van der Waals surface area (Å²) in [5.41, 5.74) is 5.79. The second-order valence-electron chi connectivity index (χ2n) is 4.05. The van der Waals surface area contributed by atoms with E-state index in [4.69, 9.17) is 17.3 Å². The number of nitrogens with two attached hydrogens (primary N) is 1. The molecule has 0 bridgehead atoms. The van der Waals surface area contributed by atoms with Crippen LogP contribution in [0.5, 0.6) is 0 Å². The molecule has 4 heteroatoms. The summed E-state index contributed by atoms with van der Waals surface area (Å²) in [4.78, 5) is 3.75. The molecule has 84 valence electrons. The molecule has 2 nitrogen and oxygen atoms in total. The van der Waals surface area contributed by atoms with Gasteiger partial charge in [0.2, 0.25) is 0 Å². The zero-order valence-electron chi connectivity index (χ0n) is 8.79. The highest BCUT2D eigenvalue weighted by molar-refractivity contribution is 7.10. The van der Waals surface area contributed by atoms with E-state index in [-0.39, 0.29) is 0 Å². The summed E-state index contributed by atoms with van der Waals surface area (Å²) in [6.07, 6.45) is 3.84. The van der Waals surface area contributed by atoms with Crippen LogP contribution in [0.25, 0.3) is 0 Å². The van der Waals surface area contributed by atoms with Crippen LogP contribution in [0.4, 0.5) is 0 Å². The second kappa shape index (κ2) is 5.30. The Morgan fingerprint density at radius 2 is 2.40 bits per heavy atom. The molecular formula is C11H17ClN2S. The molecule has 2 rings (SSSR count). The molecule has 0 saturated carbocycles. The van der Waals surface area contributed by atoms with Crippen LogP contribution in [0, 0.1) is 0 Å². The zero-order chi connectivity index (χ0) is 10.7. The van der Waals surface area contributed by atoms with Crippen molar-refractivity contribution in [2.24, 2.45) is 5.73 Å². The van der Waals surface area contributed by atoms with Crippen LogP contribution in [0.2, 0.25) is 5.02 Å². The molecule has 15 heavy (non-hydrogen) atoms. The van der Waals surface area contributed by atoms with Gasteiger partial charge in [-0.3, -0.25) is 4.90 Å². The summed E-state index contributed by atoms with van der Waals surface area (Å²) >= 11 is 7.84. The van der Waals surface area contributed by atoms with Crippen molar-refractivity contribution >= 4 is 22.9 Å². The maximum Gasteiger partial charge on any atom is 0.0558 e. The van der Waals surface area contributed by atoms with Gasteiger partial charge in [-0.1, -0.05) is 18.0 Å². The summed E-state index contributed by atoms with van der Waals surface area (Å²) in [6, 6.07) is 2.53. The first-order valence-electron chi connectivity index (χ1n) is 5.47. The first kappa shape index (κ1) is 11.4. The number of halogens is 1. The van der Waals surface area contributed by atoms with Crippen LogP contribution in [0.15, 0.2) is 11.4 Å². The smallest absolute Gasteiger partial charge is 0.0558 e. The van der Waals surface area contributed by atoms with E-state index in [0.29, 0.717) is 6.04 Å². The van der Waals surface area contributed by atoms with Gasteiger partial charge in [0.05, 0.1) is 5.02 Å². The van der Waals surface area contributed by atoms with Gasteiger partial charge in [-0.15, -0.1) is 11.3 Å². The van der Waals surface area contributed by atoms with Gasteiger partial charge >= 0.3 is 0 Å². The largest absolute Gasteiger partial charge is 0.329 e. The minimum Gasteiger partial charge on any atom is -0.329 e. The number of rotatable bonds is 3. The SMILES string of the molecule is NCC1CCCCN1Cc1sccc1Cl. The monoisotopic (exact) mass is 244 g/mol. The molecule has 1 unspecified atom stereocenters. The fraction of sp³-hybridized carbons (Fsp3) is 0.636. The second-order valence-corrected chi connectivity index (χ2v) is 5.46. The molecular weight excluding hydrogens is 228 g/mol. The average molecular weight is 245 g/mol. The molecule has 1 fully saturated rings. The van der Waals surface area contributed by atoms with Gasteiger partial charge < -0.3 is 5.73 Å². The van der Waals surface area contributed by atoms with Crippen LogP contribution >= 0.6 is 22.9 Å². The van der Waals surface area contributed by atoms with Gasteiger partial charge in [0.25, 0.3) is 0 Å². The third-order valence-electron chi connectivity index (χ3n) is 3.06. The van der Waals surface area contributed by atoms with E-state index in [2.05, 4.69) is 10.3 Å². The first-order valence-corrected chi connectivity index (χ1v) is 6.73. The van der Waals surface area contributed by atoms with Crippen molar-refractivity contribution in [3.63, 3.8) is 0 Å². The van der Waals surface area contributed by atoms with Crippen molar-refractivity contribution in [3.05, 3.63) is 21.3 Å². The Morgan fingerprint density at radius 3 is 3.07 bits per heavy atom. The minimum atomic E-state index is 0.553. The Kier molecular flexibility index (Phi) is 4.03. The molecule has 0 radical (unpaired) electrons. The van der Waals surface area contributed by atoms with Crippen LogP contribution in [0.1, 0.15) is 24.1 Å². The van der Waals surface area contributed by atoms with Gasteiger partial charge in [0, 0.05) is 24.0 Å². The van der Waals surface area contributed by atoms with Gasteiger partial charge in [-0.25, -0.2) is 0 Å². The molecule has 0 aliphatic carbocycles. The van der Waals surface area contributed by atoms with Crippen LogP contribution in [0.3, 0.4) is 0 Å². The Bertz CT molecular complexity index is 313. The highest BCUT2D eigenvalue weighted by atomic mass is 35.5. The molecule has 1 aromatic heterocycles. The van der Waals surface area contributed by atoms with Gasteiger partial charge in [-0.05, 0) is 30.8 Å². The Morgan fingerprint density at radius 1 is 1.53 bits per heavy atom. The topological polar surface area (TPSA) is 29.3 Å². The number of piperidine rings is 1. The molecule has 1 saturated heterocycles. The maximum atomic E-state index is 6.10. The molecule has 1 aliphatic heterocycles. The van der Waals surface area contributed by atoms with Crippen molar-refractivity contribution in [1.29, 1.82) is 0 Å². The summed E-state index contributed by atoms with van der Waals surface area (Å²) in [7, 11) is 0. The highest BCUT2D eigenvalue weighted by Crippen LogP contribution is 2.26. The number of thiophene rings is 1. The van der Waals surface area contributed by atoms with E-state index in [1.54, 1.807) is 11.3 Å². The predicted molar refractivity (Wildman–Crippen MR) is 66.4 cm³/mol. The van der Waals surface area contributed by atoms with Crippen molar-refractivity contribution in [1.82, 2.24) is 4.90 Å². The molecule has 1 atom stereocenters. The third-order valence-corrected chi connectivity index (χ3v) is 4.43. The van der Waals surface area contributed by atoms with Crippen LogP contribution in [-0.4, -0.2) is 24.0 Å². The quantitative estimate of drug-likeness (QED) is 0.886. The fourth-order valence-electron chi connectivity index (χ4n) is 2.16. The summed E-state index contributed by atoms with van der Waals surface area (Å²) in [6.45, 7) is 2.90. The molecule has 1 aromatic rings. The van der Waals surface area contributed by atoms with E-state index < -0.39 is 0 Å². The van der Waals surface area contributed by atoms with Gasteiger partial charge in [-0.2, -0.15) is 0 Å². The highest BCUT2D eigenvalue weighted by Gasteiger charge is 2.21. The van der Waals surface area contributed by atoms with Crippen molar-refractivity contribution < 1.29 is 0 Å². The normalized spacial score (nSPS) is 23.2. The summed E-state index contributed by atoms with van der Waals surface area (Å²) in [5, 5.41) is 2.96. The summed E-state index contributed by atoms with van der Waals surface area (Å²) in [5.74, 6) is 0. The van der Waals surface area contributed by atoms with Gasteiger partial charge in [0.15, 0.2) is 0 Å². The lowest BCUT2D eigenvalue weighted by molar-refractivity contribution is 0.146. The first-order chi connectivity index (χ1) is 7.31. The minimum absolute atomic E-state index is 0.553. The van der Waals surface area contributed by atoms with E-state index in [9.17, 15) is 0 Å². The van der Waals surface area contributed by atoms with Crippen LogP contribution < -0.4 is 5.73 Å². The predicted octanol–water partition coefficient (Wildman–Crippen LogP) is 2.71. The van der Waals surface area contributed by atoms with Crippen molar-refractivity contribution in [3.8, 4) is 0 Å². The van der Waals surface area contributed by atoms with Crippen LogP contribution in [-0.2, 0) is 6.54 Å². The number of hydrogen-bond donors (Lipinski definition) is 1. The molecule has 0 aromatic carbocycles. The maximum absolute atomic E-state index is 6.10. The molecule has 1 aliphatic rings. The number of likely N-dealkylation sites (tertiary alicyclic amines) is 1. The Labute approximate surface area is 100 Å². The number of hydrogen-bond acceptors (Lipinski definition) is 3. The Hall–Kier alpha value is -0.0900. The third kappa shape index (κ3) is 2.72. The molecule has 2 N–H and O–H groups in total.